The van der Waals surface area contributed by atoms with E-state index in [9.17, 15) is 18.8 Å². The van der Waals surface area contributed by atoms with Gasteiger partial charge in [0.05, 0.1) is 7.11 Å². The number of esters is 1. The molecule has 1 aliphatic rings. The van der Waals surface area contributed by atoms with E-state index in [2.05, 4.69) is 11.3 Å². The summed E-state index contributed by atoms with van der Waals surface area (Å²) in [5.41, 5.74) is -6.48. The van der Waals surface area contributed by atoms with E-state index in [-0.39, 0.29) is 0 Å². The summed E-state index contributed by atoms with van der Waals surface area (Å²) in [6.45, 7) is 12.8. The molecule has 0 spiro atoms. The van der Waals surface area contributed by atoms with Gasteiger partial charge in [0.1, 0.15) is 11.2 Å². The van der Waals surface area contributed by atoms with Gasteiger partial charge in [0.2, 0.25) is 0 Å². The lowest BCUT2D eigenvalue weighted by Gasteiger charge is -2.33. The molecule has 0 aliphatic heterocycles. The van der Waals surface area contributed by atoms with Crippen LogP contribution in [0.2, 0.25) is 0 Å². The largest absolute Gasteiger partial charge is 0.467 e. The molecule has 1 saturated carbocycles. The van der Waals surface area contributed by atoms with Crippen molar-refractivity contribution in [1.29, 1.82) is 0 Å². The van der Waals surface area contributed by atoms with E-state index in [4.69, 9.17) is 9.47 Å². The summed E-state index contributed by atoms with van der Waals surface area (Å²) < 4.78 is 29.9. The van der Waals surface area contributed by atoms with Crippen LogP contribution in [0.3, 0.4) is 0 Å². The first-order chi connectivity index (χ1) is 11.1. The Balaban J connectivity index is 3.39. The molecule has 8 heteroatoms. The summed E-state index contributed by atoms with van der Waals surface area (Å²) in [5.74, 6) is -1.09. The molecule has 1 rings (SSSR count). The Morgan fingerprint density at radius 1 is 1.04 bits per heavy atom. The molecule has 0 bridgehead atoms. The van der Waals surface area contributed by atoms with Crippen LogP contribution in [-0.2, 0) is 19.0 Å². The molecular weight excluding hydrogens is 333 g/mol. The topological polar surface area (TPSA) is 82.1 Å². The normalized spacial score (nSPS) is 25.6. The fraction of sp³-hybridized carbons (Fsp3) is 0.706. The minimum Gasteiger partial charge on any atom is -0.467 e. The highest BCUT2D eigenvalue weighted by Crippen LogP contribution is 2.57. The van der Waals surface area contributed by atoms with Crippen LogP contribution in [0.4, 0.5) is 14.0 Å². The quantitative estimate of drug-likeness (QED) is 0.436. The maximum Gasteiger partial charge on any atom is 0.421 e. The first kappa shape index (κ1) is 20.9. The molecule has 0 aromatic carbocycles. The molecule has 1 aliphatic carbocycles. The lowest BCUT2D eigenvalue weighted by Crippen LogP contribution is -2.57. The van der Waals surface area contributed by atoms with Gasteiger partial charge in [-0.3, -0.25) is 0 Å². The second kappa shape index (κ2) is 6.31. The lowest BCUT2D eigenvalue weighted by molar-refractivity contribution is -0.150. The van der Waals surface area contributed by atoms with E-state index in [1.54, 1.807) is 41.5 Å². The minimum atomic E-state index is -2.33. The summed E-state index contributed by atoms with van der Waals surface area (Å²) in [5, 5.41) is 0. The number of methoxy groups -OCH3 is 1. The molecule has 0 saturated heterocycles. The van der Waals surface area contributed by atoms with Gasteiger partial charge in [0.15, 0.2) is 11.2 Å². The van der Waals surface area contributed by atoms with Crippen molar-refractivity contribution in [1.82, 2.24) is 4.90 Å². The first-order valence-corrected chi connectivity index (χ1v) is 7.81. The predicted molar refractivity (Wildman–Crippen MR) is 87.7 cm³/mol. The molecule has 0 heterocycles. The second-order valence-electron chi connectivity index (χ2n) is 7.89. The van der Waals surface area contributed by atoms with Crippen LogP contribution in [0, 0.1) is 0 Å². The van der Waals surface area contributed by atoms with Crippen LogP contribution in [0.5, 0.6) is 0 Å². The molecule has 0 unspecified atom stereocenters. The van der Waals surface area contributed by atoms with E-state index in [0.717, 1.165) is 13.2 Å². The van der Waals surface area contributed by atoms with Crippen molar-refractivity contribution in [2.75, 3.05) is 7.11 Å². The highest BCUT2D eigenvalue weighted by atomic mass is 19.1. The zero-order valence-electron chi connectivity index (χ0n) is 15.8. The van der Waals surface area contributed by atoms with Crippen molar-refractivity contribution in [3.05, 3.63) is 12.7 Å². The standard InChI is InChI=1S/C17H26FNO6/c1-9-16(18)10-17(16,11(20)23-8)19(12(21)24-14(2,3)4)13(22)25-15(5,6)7/h9H,1,10H2,2-8H3/t16-,17-/m0/s1. The zero-order chi connectivity index (χ0) is 19.8. The number of imide groups is 1. The Bertz CT molecular complexity index is 563. The highest BCUT2D eigenvalue weighted by molar-refractivity contribution is 6.01. The van der Waals surface area contributed by atoms with Crippen LogP contribution in [0.25, 0.3) is 0 Å². The van der Waals surface area contributed by atoms with Crippen molar-refractivity contribution < 1.29 is 33.0 Å². The maximum absolute atomic E-state index is 14.9. The molecule has 142 valence electrons. The van der Waals surface area contributed by atoms with Gasteiger partial charge in [0.25, 0.3) is 0 Å². The Morgan fingerprint density at radius 3 is 1.68 bits per heavy atom. The van der Waals surface area contributed by atoms with Gasteiger partial charge in [-0.1, -0.05) is 12.7 Å². The third-order valence-electron chi connectivity index (χ3n) is 3.46. The summed E-state index contributed by atoms with van der Waals surface area (Å²) in [6.07, 6.45) is -2.01. The lowest BCUT2D eigenvalue weighted by atomic mass is 10.1. The number of rotatable bonds is 3. The number of ether oxygens (including phenoxy) is 3. The van der Waals surface area contributed by atoms with E-state index >= 15 is 0 Å². The summed E-state index contributed by atoms with van der Waals surface area (Å²) in [7, 11) is 1.04. The van der Waals surface area contributed by atoms with E-state index < -0.39 is 47.0 Å². The van der Waals surface area contributed by atoms with Gasteiger partial charge in [-0.15, -0.1) is 0 Å². The summed E-state index contributed by atoms with van der Waals surface area (Å²) in [6, 6.07) is 0. The van der Waals surface area contributed by atoms with Gasteiger partial charge in [-0.25, -0.2) is 18.8 Å². The van der Waals surface area contributed by atoms with Crippen LogP contribution >= 0.6 is 0 Å². The van der Waals surface area contributed by atoms with Crippen LogP contribution in [-0.4, -0.2) is 52.6 Å². The number of hydrogen-bond donors (Lipinski definition) is 0. The maximum atomic E-state index is 14.9. The monoisotopic (exact) mass is 359 g/mol. The Hall–Kier alpha value is -2.12. The average molecular weight is 359 g/mol. The predicted octanol–water partition coefficient (Wildman–Crippen LogP) is 3.37. The fourth-order valence-electron chi connectivity index (χ4n) is 2.34. The summed E-state index contributed by atoms with van der Waals surface area (Å²) in [4.78, 5) is 37.8. The number of hydrogen-bond acceptors (Lipinski definition) is 6. The second-order valence-corrected chi connectivity index (χ2v) is 7.89. The van der Waals surface area contributed by atoms with Crippen molar-refractivity contribution >= 4 is 18.2 Å². The van der Waals surface area contributed by atoms with Gasteiger partial charge in [-0.05, 0) is 41.5 Å². The van der Waals surface area contributed by atoms with E-state index in [1.165, 1.54) is 0 Å². The molecule has 0 N–H and O–H groups in total. The molecule has 2 atom stereocenters. The number of amides is 2. The Morgan fingerprint density at radius 2 is 1.44 bits per heavy atom. The third kappa shape index (κ3) is 4.11. The molecule has 0 radical (unpaired) electrons. The molecule has 0 aromatic heterocycles. The zero-order valence-corrected chi connectivity index (χ0v) is 15.8. The van der Waals surface area contributed by atoms with Crippen LogP contribution in [0.15, 0.2) is 12.7 Å². The number of carbonyl (C=O) groups excluding carboxylic acids is 3. The van der Waals surface area contributed by atoms with Crippen molar-refractivity contribution in [3.63, 3.8) is 0 Å². The third-order valence-corrected chi connectivity index (χ3v) is 3.46. The molecule has 7 nitrogen and oxygen atoms in total. The van der Waals surface area contributed by atoms with Crippen molar-refractivity contribution in [2.24, 2.45) is 0 Å². The van der Waals surface area contributed by atoms with Crippen LogP contribution < -0.4 is 0 Å². The molecule has 0 aromatic rings. The highest BCUT2D eigenvalue weighted by Gasteiger charge is 2.80. The van der Waals surface area contributed by atoms with Gasteiger partial charge in [-0.2, -0.15) is 4.90 Å². The van der Waals surface area contributed by atoms with Crippen LogP contribution in [0.1, 0.15) is 48.0 Å². The van der Waals surface area contributed by atoms with E-state index in [1.807, 2.05) is 0 Å². The number of nitrogens with zero attached hydrogens (tertiary/aromatic N) is 1. The Kier molecular flexibility index (Phi) is 5.28. The Labute approximate surface area is 147 Å². The SMILES string of the molecule is C=C[C@]1(F)C[C@@]1(C(=O)OC)N(C(=O)OC(C)(C)C)C(=O)OC(C)(C)C. The van der Waals surface area contributed by atoms with Crippen molar-refractivity contribution in [2.45, 2.75) is 70.4 Å². The van der Waals surface area contributed by atoms with Gasteiger partial charge < -0.3 is 14.2 Å². The number of alkyl halides is 1. The van der Waals surface area contributed by atoms with Crippen molar-refractivity contribution in [3.8, 4) is 0 Å². The first-order valence-electron chi connectivity index (χ1n) is 7.81. The average Bonchev–Trinajstić information content (AvgIpc) is 3.01. The molecule has 1 fully saturated rings. The molecule has 2 amide bonds. The smallest absolute Gasteiger partial charge is 0.421 e. The van der Waals surface area contributed by atoms with Gasteiger partial charge in [0, 0.05) is 6.42 Å². The number of halogens is 1. The molecule has 25 heavy (non-hydrogen) atoms. The van der Waals surface area contributed by atoms with E-state index in [0.29, 0.717) is 4.90 Å². The molecular formula is C17H26FNO6. The minimum absolute atomic E-state index is 0.358. The van der Waals surface area contributed by atoms with Gasteiger partial charge >= 0.3 is 18.2 Å². The number of carbonyl (C=O) groups is 3. The summed E-state index contributed by atoms with van der Waals surface area (Å²) >= 11 is 0. The fourth-order valence-corrected chi connectivity index (χ4v) is 2.34.